The minimum Gasteiger partial charge on any atom is -0.493 e. The predicted octanol–water partition coefficient (Wildman–Crippen LogP) is 0.947. The van der Waals surface area contributed by atoms with Crippen LogP contribution in [-0.4, -0.2) is 61.4 Å². The van der Waals surface area contributed by atoms with Crippen molar-refractivity contribution in [3.63, 3.8) is 0 Å². The van der Waals surface area contributed by atoms with Gasteiger partial charge in [0.1, 0.15) is 5.69 Å². The number of fused-ring (bicyclic) bond motifs is 1. The van der Waals surface area contributed by atoms with Crippen LogP contribution in [0.3, 0.4) is 0 Å². The van der Waals surface area contributed by atoms with Crippen molar-refractivity contribution in [1.82, 2.24) is 29.9 Å². The summed E-state index contributed by atoms with van der Waals surface area (Å²) in [5, 5.41) is 17.8. The molecule has 0 radical (unpaired) electrons. The highest BCUT2D eigenvalue weighted by molar-refractivity contribution is 7.17. The number of rotatable bonds is 9. The molecule has 12 heteroatoms. The molecule has 0 saturated heterocycles. The van der Waals surface area contributed by atoms with E-state index in [2.05, 4.69) is 20.4 Å². The molecule has 0 spiro atoms. The van der Waals surface area contributed by atoms with Crippen molar-refractivity contribution in [2.75, 3.05) is 19.8 Å². The third kappa shape index (κ3) is 5.17. The van der Waals surface area contributed by atoms with Crippen molar-refractivity contribution in [3.05, 3.63) is 56.2 Å². The van der Waals surface area contributed by atoms with Crippen LogP contribution in [0, 0.1) is 0 Å². The summed E-state index contributed by atoms with van der Waals surface area (Å²) in [6, 6.07) is 5.76. The van der Waals surface area contributed by atoms with Crippen molar-refractivity contribution < 1.29 is 14.6 Å². The lowest BCUT2D eigenvalue weighted by atomic mass is 10.3. The summed E-state index contributed by atoms with van der Waals surface area (Å²) in [4.78, 5) is 39.8. The van der Waals surface area contributed by atoms with Crippen LogP contribution in [0.25, 0.3) is 22.3 Å². The maximum atomic E-state index is 12.5. The van der Waals surface area contributed by atoms with Gasteiger partial charge in [0.15, 0.2) is 11.1 Å². The first kappa shape index (κ1) is 23.0. The molecule has 4 heterocycles. The molecule has 35 heavy (non-hydrogen) atoms. The highest BCUT2D eigenvalue weighted by atomic mass is 32.1. The number of hydrogen-bond acceptors (Lipinski definition) is 8. The molecule has 4 N–H and O–H groups in total. The van der Waals surface area contributed by atoms with Crippen LogP contribution in [0.4, 0.5) is 0 Å². The number of thiophene rings is 1. The normalized spacial score (nSPS) is 14.8. The summed E-state index contributed by atoms with van der Waals surface area (Å²) in [6.45, 7) is 3.64. The van der Waals surface area contributed by atoms with Crippen LogP contribution >= 0.6 is 11.3 Å². The van der Waals surface area contributed by atoms with Crippen molar-refractivity contribution in [3.8, 4) is 16.5 Å². The molecule has 0 bridgehead atoms. The van der Waals surface area contributed by atoms with E-state index in [1.54, 1.807) is 22.9 Å². The standard InChI is InChI=1S/C23H25N7O4S/c1-2-8-34-9-7-24-22(32)18-6-5-17(35-18)15-11-19(26-14-3-4-14)30-20(27-15)13(12-25-30)10-16-21(31)29-23(33)28-16/h5-6,10-12,14,31H,2-4,7-9H2,1H3,(H,24,32)(H2,28,29,33). The van der Waals surface area contributed by atoms with Crippen LogP contribution in [-0.2, 0) is 4.74 Å². The number of aromatic hydroxyl groups is 1. The number of nitrogens with one attached hydrogen (secondary N) is 3. The van der Waals surface area contributed by atoms with E-state index in [0.29, 0.717) is 46.7 Å². The number of imidazole rings is 1. The van der Waals surface area contributed by atoms with E-state index in [1.807, 2.05) is 19.1 Å². The van der Waals surface area contributed by atoms with Crippen molar-refractivity contribution >= 4 is 29.0 Å². The number of nitrogens with zero attached hydrogens (tertiary/aromatic N) is 4. The van der Waals surface area contributed by atoms with Crippen LogP contribution in [0.2, 0.25) is 0 Å². The monoisotopic (exact) mass is 495 g/mol. The minimum absolute atomic E-state index is 0.157. The quantitative estimate of drug-likeness (QED) is 0.254. The van der Waals surface area contributed by atoms with Crippen LogP contribution in [0.5, 0.6) is 5.88 Å². The van der Waals surface area contributed by atoms with Gasteiger partial charge in [0, 0.05) is 24.4 Å². The van der Waals surface area contributed by atoms with Gasteiger partial charge in [-0.05, 0) is 37.5 Å². The number of amides is 1. The Morgan fingerprint density at radius 2 is 2.23 bits per heavy atom. The lowest BCUT2D eigenvalue weighted by molar-refractivity contribution is 0.0919. The number of carbonyl (C=O) groups is 1. The predicted molar refractivity (Wildman–Crippen MR) is 130 cm³/mol. The summed E-state index contributed by atoms with van der Waals surface area (Å²) in [6.07, 6.45) is 6.21. The second kappa shape index (κ2) is 9.84. The van der Waals surface area contributed by atoms with Gasteiger partial charge in [-0.1, -0.05) is 6.92 Å². The molecule has 5 rings (SSSR count). The lowest BCUT2D eigenvalue weighted by Crippen LogP contribution is -2.26. The molecular formula is C23H25N7O4S. The minimum atomic E-state index is -0.510. The molecule has 0 atom stereocenters. The Morgan fingerprint density at radius 3 is 2.97 bits per heavy atom. The number of H-pyrrole nitrogens is 2. The number of aromatic nitrogens is 5. The number of carbonyl (C=O) groups excluding carboxylic acids is 1. The largest absolute Gasteiger partial charge is 0.493 e. The Kier molecular flexibility index (Phi) is 6.47. The Bertz CT molecular complexity index is 1540. The third-order valence-corrected chi connectivity index (χ3v) is 6.45. The average molecular weight is 496 g/mol. The fraction of sp³-hybridized carbons (Fsp3) is 0.348. The smallest absolute Gasteiger partial charge is 0.326 e. The molecular weight excluding hydrogens is 470 g/mol. The highest BCUT2D eigenvalue weighted by Crippen LogP contribution is 2.27. The second-order valence-corrected chi connectivity index (χ2v) is 9.30. The van der Waals surface area contributed by atoms with Gasteiger partial charge < -0.3 is 20.1 Å². The van der Waals surface area contributed by atoms with Crippen molar-refractivity contribution in [1.29, 1.82) is 0 Å². The van der Waals surface area contributed by atoms with Crippen LogP contribution in [0.1, 0.15) is 41.6 Å². The van der Waals surface area contributed by atoms with E-state index in [1.165, 1.54) is 11.3 Å². The Hall–Kier alpha value is -3.77. The van der Waals surface area contributed by atoms with Gasteiger partial charge in [0.05, 0.1) is 34.3 Å². The van der Waals surface area contributed by atoms with Crippen molar-refractivity contribution in [2.45, 2.75) is 32.2 Å². The van der Waals surface area contributed by atoms with E-state index in [4.69, 9.17) is 14.7 Å². The summed E-state index contributed by atoms with van der Waals surface area (Å²) in [5.74, 6) is -0.419. The Morgan fingerprint density at radius 1 is 1.37 bits per heavy atom. The molecule has 4 aromatic heterocycles. The van der Waals surface area contributed by atoms with Crippen molar-refractivity contribution in [2.24, 2.45) is 4.99 Å². The fourth-order valence-electron chi connectivity index (χ4n) is 3.49. The van der Waals surface area contributed by atoms with Crippen LogP contribution in [0.15, 0.2) is 34.2 Å². The lowest BCUT2D eigenvalue weighted by Gasteiger charge is -2.04. The first-order valence-corrected chi connectivity index (χ1v) is 12.2. The molecule has 1 fully saturated rings. The number of aromatic amines is 2. The summed E-state index contributed by atoms with van der Waals surface area (Å²) >= 11 is 1.34. The molecule has 1 aliphatic rings. The zero-order valence-electron chi connectivity index (χ0n) is 19.1. The van der Waals surface area contributed by atoms with Gasteiger partial charge in [-0.3, -0.25) is 14.8 Å². The van der Waals surface area contributed by atoms with Gasteiger partial charge >= 0.3 is 5.69 Å². The molecule has 11 nitrogen and oxygen atoms in total. The SMILES string of the molecule is CCCOCCNC(=O)c1ccc(-c2cc(=NC3CC3)n3ncc(=Cc4[nH]c(=O)[nH]c4O)c3n2)s1. The van der Waals surface area contributed by atoms with E-state index >= 15 is 0 Å². The maximum absolute atomic E-state index is 12.5. The molecule has 1 amide bonds. The first-order chi connectivity index (χ1) is 17.0. The first-order valence-electron chi connectivity index (χ1n) is 11.4. The third-order valence-electron chi connectivity index (χ3n) is 5.34. The second-order valence-electron chi connectivity index (χ2n) is 8.21. The van der Waals surface area contributed by atoms with Gasteiger partial charge in [0.2, 0.25) is 5.88 Å². The zero-order valence-corrected chi connectivity index (χ0v) is 19.9. The Balaban J connectivity index is 1.50. The van der Waals surface area contributed by atoms with E-state index in [9.17, 15) is 14.7 Å². The van der Waals surface area contributed by atoms with E-state index in [-0.39, 0.29) is 23.5 Å². The van der Waals surface area contributed by atoms with Gasteiger partial charge in [-0.15, -0.1) is 11.3 Å². The topological polar surface area (TPSA) is 150 Å². The highest BCUT2D eigenvalue weighted by Gasteiger charge is 2.21. The van der Waals surface area contributed by atoms with E-state index < -0.39 is 5.69 Å². The zero-order chi connectivity index (χ0) is 24.4. The molecule has 0 aliphatic heterocycles. The summed E-state index contributed by atoms with van der Waals surface area (Å²) in [7, 11) is 0. The molecule has 182 valence electrons. The fourth-order valence-corrected chi connectivity index (χ4v) is 4.37. The van der Waals surface area contributed by atoms with Gasteiger partial charge in [-0.2, -0.15) is 9.61 Å². The van der Waals surface area contributed by atoms with Crippen LogP contribution < -0.4 is 21.7 Å². The molecule has 4 aromatic rings. The van der Waals surface area contributed by atoms with Gasteiger partial charge in [-0.25, -0.2) is 9.78 Å². The number of hydrogen-bond donors (Lipinski definition) is 4. The molecule has 0 aromatic carbocycles. The average Bonchev–Trinajstić information content (AvgIpc) is 3.22. The number of ether oxygens (including phenoxy) is 1. The molecule has 0 unspecified atom stereocenters. The summed E-state index contributed by atoms with van der Waals surface area (Å²) in [5.41, 5.74) is 1.57. The molecule has 1 aliphatic carbocycles. The Labute approximate surface area is 203 Å². The maximum Gasteiger partial charge on any atom is 0.326 e. The summed E-state index contributed by atoms with van der Waals surface area (Å²) < 4.78 is 7.05. The molecule has 1 saturated carbocycles. The van der Waals surface area contributed by atoms with Gasteiger partial charge in [0.25, 0.3) is 5.91 Å². The van der Waals surface area contributed by atoms with E-state index in [0.717, 1.165) is 24.1 Å².